The minimum Gasteiger partial charge on any atom is -0.391 e. The van der Waals surface area contributed by atoms with E-state index in [-0.39, 0.29) is 23.0 Å². The standard InChI is InChI=1S/C10H11ClF3NO.ClH/c1-5(16)9(15)7-4-6(10(12,13)14)2-3-8(7)11;/h2-5,9,16H,15H2,1H3;1H/t5-,9-;/m1./s1. The van der Waals surface area contributed by atoms with Crippen molar-refractivity contribution >= 4 is 24.0 Å². The molecule has 0 aromatic heterocycles. The summed E-state index contributed by atoms with van der Waals surface area (Å²) in [5.41, 5.74) is 4.81. The van der Waals surface area contributed by atoms with Gasteiger partial charge >= 0.3 is 6.18 Å². The van der Waals surface area contributed by atoms with Crippen molar-refractivity contribution in [1.82, 2.24) is 0 Å². The SMILES string of the molecule is C[C@@H](O)[C@@H](N)c1cc(C(F)(F)F)ccc1Cl.Cl. The first-order valence-electron chi connectivity index (χ1n) is 4.53. The Kier molecular flexibility index (Phi) is 5.74. The van der Waals surface area contributed by atoms with E-state index in [4.69, 9.17) is 17.3 Å². The molecule has 0 aliphatic carbocycles. The molecule has 1 aromatic carbocycles. The highest BCUT2D eigenvalue weighted by Gasteiger charge is 2.31. The Bertz CT molecular complexity index is 382. The smallest absolute Gasteiger partial charge is 0.391 e. The fraction of sp³-hybridized carbons (Fsp3) is 0.400. The second-order valence-corrected chi connectivity index (χ2v) is 3.91. The molecule has 0 bridgehead atoms. The number of hydrogen-bond donors (Lipinski definition) is 2. The predicted molar refractivity (Wildman–Crippen MR) is 62.3 cm³/mol. The molecule has 3 N–H and O–H groups in total. The largest absolute Gasteiger partial charge is 0.416 e. The van der Waals surface area contributed by atoms with Crippen molar-refractivity contribution in [2.24, 2.45) is 5.73 Å². The molecular formula is C10H12Cl2F3NO. The number of hydrogen-bond acceptors (Lipinski definition) is 2. The molecule has 2 nitrogen and oxygen atoms in total. The summed E-state index contributed by atoms with van der Waals surface area (Å²) in [4.78, 5) is 0. The fourth-order valence-electron chi connectivity index (χ4n) is 1.24. The summed E-state index contributed by atoms with van der Waals surface area (Å²) >= 11 is 5.73. The first-order chi connectivity index (χ1) is 7.23. The number of halogens is 5. The molecule has 7 heteroatoms. The van der Waals surface area contributed by atoms with Gasteiger partial charge in [0.05, 0.1) is 17.7 Å². The Morgan fingerprint density at radius 3 is 2.29 bits per heavy atom. The van der Waals surface area contributed by atoms with Gasteiger partial charge in [0, 0.05) is 5.02 Å². The molecule has 0 unspecified atom stereocenters. The number of rotatable bonds is 2. The summed E-state index contributed by atoms with van der Waals surface area (Å²) < 4.78 is 37.3. The van der Waals surface area contributed by atoms with Crippen LogP contribution in [0.4, 0.5) is 13.2 Å². The molecule has 0 amide bonds. The van der Waals surface area contributed by atoms with Gasteiger partial charge in [0.2, 0.25) is 0 Å². The zero-order chi connectivity index (χ0) is 12.5. The lowest BCUT2D eigenvalue weighted by molar-refractivity contribution is -0.137. The first-order valence-corrected chi connectivity index (χ1v) is 4.91. The van der Waals surface area contributed by atoms with Crippen molar-refractivity contribution in [3.8, 4) is 0 Å². The summed E-state index contributed by atoms with van der Waals surface area (Å²) in [5, 5.41) is 9.34. The van der Waals surface area contributed by atoms with E-state index in [2.05, 4.69) is 0 Å². The van der Waals surface area contributed by atoms with Crippen molar-refractivity contribution in [3.05, 3.63) is 34.3 Å². The molecule has 1 rings (SSSR count). The molecule has 0 heterocycles. The second-order valence-electron chi connectivity index (χ2n) is 3.50. The maximum absolute atomic E-state index is 12.4. The number of benzene rings is 1. The molecule has 0 aliphatic rings. The van der Waals surface area contributed by atoms with Gasteiger partial charge in [-0.2, -0.15) is 13.2 Å². The molecule has 17 heavy (non-hydrogen) atoms. The normalized spacial score (nSPS) is 15.0. The van der Waals surface area contributed by atoms with Gasteiger partial charge in [0.15, 0.2) is 0 Å². The van der Waals surface area contributed by atoms with Crippen LogP contribution in [0.1, 0.15) is 24.1 Å². The van der Waals surface area contributed by atoms with Crippen LogP contribution < -0.4 is 5.73 Å². The zero-order valence-electron chi connectivity index (χ0n) is 8.83. The molecule has 0 aliphatic heterocycles. The predicted octanol–water partition coefficient (Wildman–Crippen LogP) is 3.16. The third kappa shape index (κ3) is 4.03. The lowest BCUT2D eigenvalue weighted by atomic mass is 10.0. The van der Waals surface area contributed by atoms with E-state index in [9.17, 15) is 18.3 Å². The van der Waals surface area contributed by atoms with E-state index in [1.165, 1.54) is 6.92 Å². The van der Waals surface area contributed by atoms with Crippen LogP contribution in [0.2, 0.25) is 5.02 Å². The van der Waals surface area contributed by atoms with Crippen LogP contribution in [-0.2, 0) is 6.18 Å². The van der Waals surface area contributed by atoms with Crippen LogP contribution >= 0.6 is 24.0 Å². The number of alkyl halides is 3. The Hall–Kier alpha value is -0.490. The highest BCUT2D eigenvalue weighted by Crippen LogP contribution is 2.33. The topological polar surface area (TPSA) is 46.2 Å². The minimum atomic E-state index is -4.45. The summed E-state index contributed by atoms with van der Waals surface area (Å²) in [6.07, 6.45) is -5.42. The number of nitrogens with two attached hydrogens (primary N) is 1. The quantitative estimate of drug-likeness (QED) is 0.878. The lowest BCUT2D eigenvalue weighted by Crippen LogP contribution is -2.24. The van der Waals surface area contributed by atoms with E-state index < -0.39 is 23.9 Å². The van der Waals surface area contributed by atoms with Crippen molar-refractivity contribution in [3.63, 3.8) is 0 Å². The summed E-state index contributed by atoms with van der Waals surface area (Å²) in [6, 6.07) is 1.93. The van der Waals surface area contributed by atoms with Gasteiger partial charge in [-0.05, 0) is 30.7 Å². The Morgan fingerprint density at radius 1 is 1.35 bits per heavy atom. The highest BCUT2D eigenvalue weighted by molar-refractivity contribution is 6.31. The summed E-state index contributed by atoms with van der Waals surface area (Å²) in [6.45, 7) is 1.39. The van der Waals surface area contributed by atoms with Gasteiger partial charge in [0.1, 0.15) is 0 Å². The van der Waals surface area contributed by atoms with Gasteiger partial charge in [-0.1, -0.05) is 11.6 Å². The van der Waals surface area contributed by atoms with E-state index in [0.717, 1.165) is 18.2 Å². The molecule has 0 radical (unpaired) electrons. The van der Waals surface area contributed by atoms with Gasteiger partial charge in [-0.15, -0.1) is 12.4 Å². The van der Waals surface area contributed by atoms with E-state index in [1.54, 1.807) is 0 Å². The molecule has 0 saturated heterocycles. The van der Waals surface area contributed by atoms with E-state index >= 15 is 0 Å². The molecule has 0 saturated carbocycles. The molecule has 0 fully saturated rings. The van der Waals surface area contributed by atoms with Crippen LogP contribution in [0.15, 0.2) is 18.2 Å². The average Bonchev–Trinajstić information content (AvgIpc) is 2.15. The van der Waals surface area contributed by atoms with Crippen molar-refractivity contribution in [2.45, 2.75) is 25.2 Å². The summed E-state index contributed by atoms with van der Waals surface area (Å²) in [5.74, 6) is 0. The monoisotopic (exact) mass is 289 g/mol. The van der Waals surface area contributed by atoms with Gasteiger partial charge in [-0.3, -0.25) is 0 Å². The Morgan fingerprint density at radius 2 is 1.88 bits per heavy atom. The molecule has 0 spiro atoms. The third-order valence-electron chi connectivity index (χ3n) is 2.20. The van der Waals surface area contributed by atoms with Crippen molar-refractivity contribution in [2.75, 3.05) is 0 Å². The average molecular weight is 290 g/mol. The van der Waals surface area contributed by atoms with Crippen LogP contribution in [0.5, 0.6) is 0 Å². The van der Waals surface area contributed by atoms with Crippen LogP contribution in [-0.4, -0.2) is 11.2 Å². The molecule has 1 aromatic rings. The first kappa shape index (κ1) is 16.5. The molecule has 2 atom stereocenters. The number of aliphatic hydroxyl groups is 1. The number of aliphatic hydroxyl groups excluding tert-OH is 1. The lowest BCUT2D eigenvalue weighted by Gasteiger charge is -2.18. The third-order valence-corrected chi connectivity index (χ3v) is 2.55. The van der Waals surface area contributed by atoms with Crippen LogP contribution in [0.25, 0.3) is 0 Å². The Labute approximate surface area is 108 Å². The van der Waals surface area contributed by atoms with E-state index in [0.29, 0.717) is 0 Å². The maximum atomic E-state index is 12.4. The van der Waals surface area contributed by atoms with Crippen molar-refractivity contribution < 1.29 is 18.3 Å². The summed E-state index contributed by atoms with van der Waals surface area (Å²) in [7, 11) is 0. The zero-order valence-corrected chi connectivity index (χ0v) is 10.4. The molecular weight excluding hydrogens is 278 g/mol. The van der Waals surface area contributed by atoms with Gasteiger partial charge < -0.3 is 10.8 Å². The van der Waals surface area contributed by atoms with Gasteiger partial charge in [-0.25, -0.2) is 0 Å². The Balaban J connectivity index is 0.00000256. The highest BCUT2D eigenvalue weighted by atomic mass is 35.5. The minimum absolute atomic E-state index is 0. The van der Waals surface area contributed by atoms with Crippen molar-refractivity contribution in [1.29, 1.82) is 0 Å². The fourth-order valence-corrected chi connectivity index (χ4v) is 1.48. The second kappa shape index (κ2) is 5.91. The molecule has 98 valence electrons. The van der Waals surface area contributed by atoms with Crippen LogP contribution in [0.3, 0.4) is 0 Å². The maximum Gasteiger partial charge on any atom is 0.416 e. The van der Waals surface area contributed by atoms with Crippen LogP contribution in [0, 0.1) is 0 Å². The van der Waals surface area contributed by atoms with Gasteiger partial charge in [0.25, 0.3) is 0 Å². The van der Waals surface area contributed by atoms with E-state index in [1.807, 2.05) is 0 Å².